The number of anilines is 1. The fourth-order valence-corrected chi connectivity index (χ4v) is 3.11. The minimum Gasteiger partial charge on any atom is -0.323 e. The number of carbonyl (C=O) groups is 1. The van der Waals surface area contributed by atoms with Crippen molar-refractivity contribution in [1.82, 2.24) is 9.97 Å². The fraction of sp³-hybridized carbons (Fsp3) is 0.250. The van der Waals surface area contributed by atoms with E-state index in [0.717, 1.165) is 21.7 Å². The number of nitrogens with zero attached hydrogens (tertiary/aromatic N) is 1. The lowest BCUT2D eigenvalue weighted by molar-refractivity contribution is -0.885. The zero-order chi connectivity index (χ0) is 19.6. The summed E-state index contributed by atoms with van der Waals surface area (Å²) in [6.07, 6.45) is 0. The molecule has 3 rings (SSSR count). The Morgan fingerprint density at radius 3 is 2.81 bits per heavy atom. The van der Waals surface area contributed by atoms with Gasteiger partial charge in [0.15, 0.2) is 12.4 Å². The van der Waals surface area contributed by atoms with Gasteiger partial charge in [0.25, 0.3) is 11.5 Å². The lowest BCUT2D eigenvalue weighted by atomic mass is 10.1. The van der Waals surface area contributed by atoms with Crippen molar-refractivity contribution in [2.45, 2.75) is 20.4 Å². The Bertz CT molecular complexity index is 1060. The molecule has 6 nitrogen and oxygen atoms in total. The Morgan fingerprint density at radius 1 is 1.26 bits per heavy atom. The average Bonchev–Trinajstić information content (AvgIpc) is 2.58. The van der Waals surface area contributed by atoms with E-state index in [0.29, 0.717) is 28.3 Å². The van der Waals surface area contributed by atoms with Gasteiger partial charge in [-0.25, -0.2) is 4.98 Å². The maximum absolute atomic E-state index is 12.4. The van der Waals surface area contributed by atoms with Crippen LogP contribution in [0.25, 0.3) is 10.9 Å². The van der Waals surface area contributed by atoms with Gasteiger partial charge in [0.1, 0.15) is 6.54 Å². The molecule has 3 N–H and O–H groups in total. The van der Waals surface area contributed by atoms with Crippen LogP contribution >= 0.6 is 11.6 Å². The van der Waals surface area contributed by atoms with Gasteiger partial charge >= 0.3 is 0 Å². The second-order valence-electron chi connectivity index (χ2n) is 6.78. The second-order valence-corrected chi connectivity index (χ2v) is 7.22. The van der Waals surface area contributed by atoms with Crippen molar-refractivity contribution in [2.24, 2.45) is 0 Å². The summed E-state index contributed by atoms with van der Waals surface area (Å²) in [7, 11) is 1.88. The van der Waals surface area contributed by atoms with E-state index >= 15 is 0 Å². The highest BCUT2D eigenvalue weighted by Crippen LogP contribution is 2.17. The van der Waals surface area contributed by atoms with Crippen LogP contribution in [0.4, 0.5) is 5.69 Å². The van der Waals surface area contributed by atoms with Gasteiger partial charge in [-0.15, -0.1) is 0 Å². The summed E-state index contributed by atoms with van der Waals surface area (Å²) in [4.78, 5) is 32.7. The van der Waals surface area contributed by atoms with E-state index in [2.05, 4.69) is 15.3 Å². The van der Waals surface area contributed by atoms with Gasteiger partial charge in [0.05, 0.1) is 18.0 Å². The first-order valence-electron chi connectivity index (χ1n) is 8.69. The highest BCUT2D eigenvalue weighted by atomic mass is 35.5. The van der Waals surface area contributed by atoms with E-state index in [-0.39, 0.29) is 18.0 Å². The summed E-state index contributed by atoms with van der Waals surface area (Å²) in [6, 6.07) is 10.8. The second kappa shape index (κ2) is 7.90. The highest BCUT2D eigenvalue weighted by Gasteiger charge is 2.14. The topological polar surface area (TPSA) is 79.3 Å². The molecule has 0 bridgehead atoms. The first kappa shape index (κ1) is 19.1. The molecule has 0 aliphatic carbocycles. The van der Waals surface area contributed by atoms with Crippen molar-refractivity contribution in [3.8, 4) is 0 Å². The molecule has 0 fully saturated rings. The fourth-order valence-electron chi connectivity index (χ4n) is 2.95. The summed E-state index contributed by atoms with van der Waals surface area (Å²) in [6.45, 7) is 4.66. The molecule has 1 atom stereocenters. The summed E-state index contributed by atoms with van der Waals surface area (Å²) < 4.78 is 0. The van der Waals surface area contributed by atoms with Crippen LogP contribution in [0.5, 0.6) is 0 Å². The van der Waals surface area contributed by atoms with E-state index < -0.39 is 0 Å². The molecule has 0 aliphatic heterocycles. The number of halogens is 1. The molecule has 0 radical (unpaired) electrons. The van der Waals surface area contributed by atoms with E-state index in [9.17, 15) is 9.59 Å². The average molecular weight is 386 g/mol. The van der Waals surface area contributed by atoms with Crippen LogP contribution in [0.1, 0.15) is 17.0 Å². The SMILES string of the molecule is Cc1cccc(NC(=O)C[NH+](C)Cc2nc3cc(Cl)ccc3c(=O)[nH]2)c1C. The number of likely N-dealkylation sites (N-methyl/N-ethyl adjacent to an activating group) is 1. The van der Waals surface area contributed by atoms with Crippen molar-refractivity contribution in [3.63, 3.8) is 0 Å². The van der Waals surface area contributed by atoms with Gasteiger partial charge in [0.2, 0.25) is 0 Å². The standard InChI is InChI=1S/C20H21ClN4O2/c1-12-5-4-6-16(13(12)2)23-19(26)11-25(3)10-18-22-17-9-14(21)7-8-15(17)20(27)24-18/h4-9H,10-11H2,1-3H3,(H,23,26)(H,22,24,27)/p+1. The highest BCUT2D eigenvalue weighted by molar-refractivity contribution is 6.31. The molecule has 0 saturated carbocycles. The minimum atomic E-state index is -0.209. The number of aryl methyl sites for hydroxylation is 1. The molecule has 1 unspecified atom stereocenters. The number of aromatic nitrogens is 2. The third-order valence-corrected chi connectivity index (χ3v) is 4.76. The smallest absolute Gasteiger partial charge is 0.279 e. The van der Waals surface area contributed by atoms with Gasteiger partial charge in [-0.2, -0.15) is 0 Å². The van der Waals surface area contributed by atoms with Crippen LogP contribution in [-0.2, 0) is 11.3 Å². The number of hydrogen-bond donors (Lipinski definition) is 3. The van der Waals surface area contributed by atoms with E-state index in [1.54, 1.807) is 18.2 Å². The van der Waals surface area contributed by atoms with Crippen molar-refractivity contribution >= 4 is 34.1 Å². The van der Waals surface area contributed by atoms with E-state index in [4.69, 9.17) is 11.6 Å². The Kier molecular flexibility index (Phi) is 5.58. The number of fused-ring (bicyclic) bond motifs is 1. The molecule has 27 heavy (non-hydrogen) atoms. The van der Waals surface area contributed by atoms with Gasteiger partial charge in [-0.05, 0) is 49.2 Å². The summed E-state index contributed by atoms with van der Waals surface area (Å²) in [5.41, 5.74) is 3.35. The predicted octanol–water partition coefficient (Wildman–Crippen LogP) is 1.85. The zero-order valence-electron chi connectivity index (χ0n) is 15.5. The number of nitrogens with one attached hydrogen (secondary N) is 3. The summed E-state index contributed by atoms with van der Waals surface area (Å²) in [5, 5.41) is 3.97. The number of H-pyrrole nitrogens is 1. The lowest BCUT2D eigenvalue weighted by Gasteiger charge is -2.15. The molecule has 0 saturated heterocycles. The van der Waals surface area contributed by atoms with Gasteiger partial charge in [-0.3, -0.25) is 9.59 Å². The number of benzene rings is 2. The van der Waals surface area contributed by atoms with Crippen LogP contribution in [-0.4, -0.2) is 29.5 Å². The summed E-state index contributed by atoms with van der Waals surface area (Å²) in [5.74, 6) is 0.430. The first-order chi connectivity index (χ1) is 12.8. The van der Waals surface area contributed by atoms with Crippen LogP contribution in [0.3, 0.4) is 0 Å². The quantitative estimate of drug-likeness (QED) is 0.627. The molecule has 0 aliphatic rings. The lowest BCUT2D eigenvalue weighted by Crippen LogP contribution is -3.08. The third kappa shape index (κ3) is 4.53. The van der Waals surface area contributed by atoms with Crippen LogP contribution in [0, 0.1) is 13.8 Å². The molecule has 7 heteroatoms. The molecular weight excluding hydrogens is 364 g/mol. The Morgan fingerprint density at radius 2 is 2.04 bits per heavy atom. The Hall–Kier alpha value is -2.70. The van der Waals surface area contributed by atoms with Crippen molar-refractivity contribution < 1.29 is 9.69 Å². The third-order valence-electron chi connectivity index (χ3n) is 4.53. The monoisotopic (exact) mass is 385 g/mol. The van der Waals surface area contributed by atoms with Crippen LogP contribution < -0.4 is 15.8 Å². The van der Waals surface area contributed by atoms with Crippen molar-refractivity contribution in [3.05, 3.63) is 68.7 Å². The molecular formula is C20H22ClN4O2+. The minimum absolute atomic E-state index is 0.0904. The normalized spacial score (nSPS) is 12.1. The number of rotatable bonds is 5. The number of quaternary nitrogens is 1. The van der Waals surface area contributed by atoms with Crippen LogP contribution in [0.2, 0.25) is 5.02 Å². The van der Waals surface area contributed by atoms with Gasteiger partial charge in [0, 0.05) is 10.7 Å². The molecule has 140 valence electrons. The maximum Gasteiger partial charge on any atom is 0.279 e. The molecule has 1 aromatic heterocycles. The number of amides is 1. The maximum atomic E-state index is 12.4. The van der Waals surface area contributed by atoms with Crippen molar-refractivity contribution in [1.29, 1.82) is 0 Å². The largest absolute Gasteiger partial charge is 0.323 e. The van der Waals surface area contributed by atoms with E-state index in [1.807, 2.05) is 39.1 Å². The Labute approximate surface area is 162 Å². The number of aromatic amines is 1. The molecule has 0 spiro atoms. The van der Waals surface area contributed by atoms with Crippen molar-refractivity contribution in [2.75, 3.05) is 18.9 Å². The van der Waals surface area contributed by atoms with Crippen LogP contribution in [0.15, 0.2) is 41.2 Å². The zero-order valence-corrected chi connectivity index (χ0v) is 16.3. The molecule has 3 aromatic rings. The predicted molar refractivity (Wildman–Crippen MR) is 107 cm³/mol. The Balaban J connectivity index is 1.69. The molecule has 1 heterocycles. The number of carbonyl (C=O) groups excluding carboxylic acids is 1. The molecule has 2 aromatic carbocycles. The summed E-state index contributed by atoms with van der Waals surface area (Å²) >= 11 is 5.99. The molecule has 1 amide bonds. The van der Waals surface area contributed by atoms with E-state index in [1.165, 1.54) is 0 Å². The number of hydrogen-bond acceptors (Lipinski definition) is 3. The van der Waals surface area contributed by atoms with Gasteiger partial charge < -0.3 is 15.2 Å². The first-order valence-corrected chi connectivity index (χ1v) is 9.07. The van der Waals surface area contributed by atoms with Gasteiger partial charge in [-0.1, -0.05) is 23.7 Å².